The normalized spacial score (nSPS) is 11.7. The summed E-state index contributed by atoms with van der Waals surface area (Å²) in [7, 11) is 0. The van der Waals surface area contributed by atoms with Gasteiger partial charge in [0, 0.05) is 16.5 Å². The molecule has 0 bridgehead atoms. The number of carboxylic acid groups (broad SMARTS) is 1. The van der Waals surface area contributed by atoms with Crippen LogP contribution in [0.3, 0.4) is 0 Å². The maximum atomic E-state index is 13.2. The molecule has 2 rings (SSSR count). The summed E-state index contributed by atoms with van der Waals surface area (Å²) >= 11 is 12.2. The number of benzene rings is 2. The summed E-state index contributed by atoms with van der Waals surface area (Å²) < 4.78 is 30.5. The predicted octanol–water partition coefficient (Wildman–Crippen LogP) is 5.47. The minimum Gasteiger partial charge on any atom is -0.508 e. The molecular weight excluding hydrogens is 389 g/mol. The van der Waals surface area contributed by atoms with E-state index < -0.39 is 17.8 Å². The molecule has 0 heterocycles. The van der Waals surface area contributed by atoms with Crippen LogP contribution in [0.2, 0.25) is 10.0 Å². The molecule has 0 fully saturated rings. The molecule has 0 unspecified atom stereocenters. The van der Waals surface area contributed by atoms with E-state index in [4.69, 9.17) is 28.3 Å². The lowest BCUT2D eigenvalue weighted by atomic mass is 9.96. The van der Waals surface area contributed by atoms with Gasteiger partial charge in [-0.2, -0.15) is 8.78 Å². The minimum atomic E-state index is -4.39. The second-order valence-electron chi connectivity index (χ2n) is 6.01. The van der Waals surface area contributed by atoms with Crippen LogP contribution in [0.5, 0.6) is 11.5 Å². The van der Waals surface area contributed by atoms with Crippen molar-refractivity contribution in [2.75, 3.05) is 0 Å². The molecule has 0 aromatic heterocycles. The van der Waals surface area contributed by atoms with Gasteiger partial charge in [-0.25, -0.2) is 4.79 Å². The van der Waals surface area contributed by atoms with E-state index in [9.17, 15) is 18.7 Å². The number of carboxylic acids is 1. The quantitative estimate of drug-likeness (QED) is 0.669. The van der Waals surface area contributed by atoms with Crippen molar-refractivity contribution in [3.05, 3.63) is 57.1 Å². The SMILES string of the molecule is CC(C)c1cc(Cc2c(Cl)cc(OC(F)(F)C(=O)O)cc2Cl)ccc1O. The van der Waals surface area contributed by atoms with E-state index >= 15 is 0 Å². The van der Waals surface area contributed by atoms with Crippen molar-refractivity contribution in [2.24, 2.45) is 0 Å². The molecule has 0 aliphatic heterocycles. The topological polar surface area (TPSA) is 66.8 Å². The van der Waals surface area contributed by atoms with Crippen LogP contribution < -0.4 is 4.74 Å². The maximum absolute atomic E-state index is 13.2. The Morgan fingerprint density at radius 2 is 1.77 bits per heavy atom. The van der Waals surface area contributed by atoms with Crippen LogP contribution in [0.4, 0.5) is 8.78 Å². The van der Waals surface area contributed by atoms with Crippen molar-refractivity contribution in [1.82, 2.24) is 0 Å². The number of hydrogen-bond acceptors (Lipinski definition) is 3. The van der Waals surface area contributed by atoms with Gasteiger partial charge in [-0.05, 0) is 40.8 Å². The lowest BCUT2D eigenvalue weighted by Crippen LogP contribution is -2.34. The smallest absolute Gasteiger partial charge is 0.501 e. The number of alkyl halides is 2. The third kappa shape index (κ3) is 4.56. The van der Waals surface area contributed by atoms with Crippen LogP contribution in [0, 0.1) is 0 Å². The molecular formula is C18H16Cl2F2O4. The maximum Gasteiger partial charge on any atom is 0.501 e. The van der Waals surface area contributed by atoms with Gasteiger partial charge < -0.3 is 14.9 Å². The number of rotatable bonds is 6. The zero-order valence-corrected chi connectivity index (χ0v) is 15.4. The zero-order chi connectivity index (χ0) is 19.6. The Kier molecular flexibility index (Phi) is 5.98. The molecule has 0 aliphatic carbocycles. The molecule has 140 valence electrons. The third-order valence-electron chi connectivity index (χ3n) is 3.70. The van der Waals surface area contributed by atoms with E-state index in [0.717, 1.165) is 23.3 Å². The van der Waals surface area contributed by atoms with E-state index in [1.807, 2.05) is 19.9 Å². The molecule has 0 amide bonds. The van der Waals surface area contributed by atoms with Crippen molar-refractivity contribution in [3.8, 4) is 11.5 Å². The van der Waals surface area contributed by atoms with Crippen LogP contribution in [-0.4, -0.2) is 22.3 Å². The molecule has 0 spiro atoms. The average Bonchev–Trinajstić information content (AvgIpc) is 2.51. The van der Waals surface area contributed by atoms with Gasteiger partial charge in [0.1, 0.15) is 11.5 Å². The number of phenolic OH excluding ortho intramolecular Hbond substituents is 1. The first-order valence-corrected chi connectivity index (χ1v) is 8.36. The highest BCUT2D eigenvalue weighted by atomic mass is 35.5. The number of ether oxygens (including phenoxy) is 1. The molecule has 4 nitrogen and oxygen atoms in total. The third-order valence-corrected chi connectivity index (χ3v) is 4.38. The Labute approximate surface area is 158 Å². The Bertz CT molecular complexity index is 815. The van der Waals surface area contributed by atoms with Crippen LogP contribution in [0.1, 0.15) is 36.5 Å². The van der Waals surface area contributed by atoms with Gasteiger partial charge in [0.05, 0.1) is 0 Å². The number of aliphatic carboxylic acids is 1. The second-order valence-corrected chi connectivity index (χ2v) is 6.83. The fraction of sp³-hybridized carbons (Fsp3) is 0.278. The summed E-state index contributed by atoms with van der Waals surface area (Å²) in [4.78, 5) is 10.5. The number of phenols is 1. The molecule has 0 aliphatic rings. The first-order valence-electron chi connectivity index (χ1n) is 7.61. The minimum absolute atomic E-state index is 0.0628. The Hall–Kier alpha value is -2.05. The first-order chi connectivity index (χ1) is 12.0. The van der Waals surface area contributed by atoms with Crippen LogP contribution in [0.25, 0.3) is 0 Å². The monoisotopic (exact) mass is 404 g/mol. The predicted molar refractivity (Wildman–Crippen MR) is 94.7 cm³/mol. The van der Waals surface area contributed by atoms with Crippen molar-refractivity contribution < 1.29 is 28.5 Å². The van der Waals surface area contributed by atoms with Gasteiger partial charge in [-0.3, -0.25) is 0 Å². The molecule has 26 heavy (non-hydrogen) atoms. The number of carbonyl (C=O) groups is 1. The highest BCUT2D eigenvalue weighted by Crippen LogP contribution is 2.35. The van der Waals surface area contributed by atoms with Gasteiger partial charge in [-0.15, -0.1) is 0 Å². The molecule has 2 aromatic carbocycles. The summed E-state index contributed by atoms with van der Waals surface area (Å²) in [5.41, 5.74) is 2.05. The van der Waals surface area contributed by atoms with E-state index in [0.29, 0.717) is 12.0 Å². The van der Waals surface area contributed by atoms with E-state index in [1.54, 1.807) is 12.1 Å². The lowest BCUT2D eigenvalue weighted by molar-refractivity contribution is -0.210. The fourth-order valence-corrected chi connectivity index (χ4v) is 2.98. The average molecular weight is 405 g/mol. The Morgan fingerprint density at radius 3 is 2.27 bits per heavy atom. The largest absolute Gasteiger partial charge is 0.508 e. The molecule has 2 aromatic rings. The Morgan fingerprint density at radius 1 is 1.19 bits per heavy atom. The van der Waals surface area contributed by atoms with Gasteiger partial charge in [0.15, 0.2) is 0 Å². The number of halogens is 4. The van der Waals surface area contributed by atoms with Crippen LogP contribution >= 0.6 is 23.2 Å². The summed E-state index contributed by atoms with van der Waals surface area (Å²) in [5, 5.41) is 18.4. The van der Waals surface area contributed by atoms with E-state index in [1.165, 1.54) is 0 Å². The van der Waals surface area contributed by atoms with Gasteiger partial charge in [0.25, 0.3) is 0 Å². The molecule has 8 heteroatoms. The van der Waals surface area contributed by atoms with Crippen molar-refractivity contribution >= 4 is 29.2 Å². The number of aromatic hydroxyl groups is 1. The summed E-state index contributed by atoms with van der Waals surface area (Å²) in [6, 6.07) is 7.26. The first kappa shape index (κ1) is 20.3. The summed E-state index contributed by atoms with van der Waals surface area (Å²) in [5.74, 6) is -2.58. The fourth-order valence-electron chi connectivity index (χ4n) is 2.38. The Balaban J connectivity index is 2.32. The van der Waals surface area contributed by atoms with Crippen molar-refractivity contribution in [1.29, 1.82) is 0 Å². The molecule has 2 N–H and O–H groups in total. The highest BCUT2D eigenvalue weighted by Gasteiger charge is 2.42. The summed E-state index contributed by atoms with van der Waals surface area (Å²) in [6.45, 7) is 3.88. The van der Waals surface area contributed by atoms with E-state index in [-0.39, 0.29) is 21.7 Å². The molecule has 0 atom stereocenters. The lowest BCUT2D eigenvalue weighted by Gasteiger charge is -2.16. The van der Waals surface area contributed by atoms with Gasteiger partial charge in [-0.1, -0.05) is 49.2 Å². The van der Waals surface area contributed by atoms with E-state index in [2.05, 4.69) is 4.74 Å². The van der Waals surface area contributed by atoms with Gasteiger partial charge in [0.2, 0.25) is 0 Å². The molecule has 0 saturated carbocycles. The van der Waals surface area contributed by atoms with Gasteiger partial charge >= 0.3 is 12.1 Å². The van der Waals surface area contributed by atoms with Crippen LogP contribution in [0.15, 0.2) is 30.3 Å². The summed E-state index contributed by atoms with van der Waals surface area (Å²) in [6.07, 6.45) is -4.09. The molecule has 0 saturated heterocycles. The zero-order valence-electron chi connectivity index (χ0n) is 13.9. The van der Waals surface area contributed by atoms with Crippen molar-refractivity contribution in [3.63, 3.8) is 0 Å². The molecule has 0 radical (unpaired) electrons. The van der Waals surface area contributed by atoms with Crippen molar-refractivity contribution in [2.45, 2.75) is 32.3 Å². The highest BCUT2D eigenvalue weighted by molar-refractivity contribution is 6.36. The number of hydrogen-bond donors (Lipinski definition) is 2. The van der Waals surface area contributed by atoms with Crippen LogP contribution in [-0.2, 0) is 11.2 Å². The second kappa shape index (κ2) is 7.68. The standard InChI is InChI=1S/C18H16Cl2F2O4/c1-9(2)12-5-10(3-4-16(12)23)6-13-14(19)7-11(8-15(13)20)26-18(21,22)17(24)25/h3-5,7-9,23H,6H2,1-2H3,(H,24,25).